The van der Waals surface area contributed by atoms with Gasteiger partial charge in [0, 0.05) is 10.4 Å². The summed E-state index contributed by atoms with van der Waals surface area (Å²) in [6.07, 6.45) is 0. The van der Waals surface area contributed by atoms with Crippen molar-refractivity contribution in [2.75, 3.05) is 5.32 Å². The molecule has 0 saturated heterocycles. The minimum atomic E-state index is 0.993. The highest BCUT2D eigenvalue weighted by Crippen LogP contribution is 2.40. The summed E-state index contributed by atoms with van der Waals surface area (Å²) in [7, 11) is 0. The lowest BCUT2D eigenvalue weighted by Crippen LogP contribution is -1.85. The minimum Gasteiger partial charge on any atom is -0.348 e. The Bertz CT molecular complexity index is 282. The Morgan fingerprint density at radius 3 is 2.91 bits per heavy atom. The summed E-state index contributed by atoms with van der Waals surface area (Å²) in [5.41, 5.74) is 2.70. The van der Waals surface area contributed by atoms with Gasteiger partial charge in [-0.25, -0.2) is 0 Å². The zero-order chi connectivity index (χ0) is 7.68. The maximum absolute atomic E-state index is 5.55. The average molecular weight is 184 g/mol. The fourth-order valence-corrected chi connectivity index (χ4v) is 1.99. The molecule has 3 heteroatoms. The molecule has 1 aliphatic heterocycles. The highest BCUT2D eigenvalue weighted by atomic mass is 35.5. The van der Waals surface area contributed by atoms with E-state index in [2.05, 4.69) is 11.4 Å². The Balaban J connectivity index is 2.41. The molecule has 0 aliphatic carbocycles. The third-order valence-corrected chi connectivity index (χ3v) is 2.83. The molecule has 1 nitrogen and oxygen atoms in total. The van der Waals surface area contributed by atoms with Crippen molar-refractivity contribution in [3.63, 3.8) is 0 Å². The fourth-order valence-electron chi connectivity index (χ4n) is 0.985. The number of benzene rings is 1. The van der Waals surface area contributed by atoms with E-state index in [1.807, 2.05) is 18.2 Å². The molecular formula is C8H6ClNS. The first-order valence-electron chi connectivity index (χ1n) is 3.24. The monoisotopic (exact) mass is 183 g/mol. The molecule has 0 unspecified atom stereocenters. The summed E-state index contributed by atoms with van der Waals surface area (Å²) in [4.78, 5) is 1.24. The number of halogens is 1. The Kier molecular flexibility index (Phi) is 1.80. The van der Waals surface area contributed by atoms with Crippen LogP contribution in [-0.4, -0.2) is 0 Å². The van der Waals surface area contributed by atoms with Crippen molar-refractivity contribution >= 4 is 29.1 Å². The second-order valence-corrected chi connectivity index (χ2v) is 3.50. The second kappa shape index (κ2) is 2.80. The Labute approximate surface area is 74.4 Å². The number of hydrogen-bond donors (Lipinski definition) is 1. The van der Waals surface area contributed by atoms with Crippen LogP contribution >= 0.6 is 23.4 Å². The normalized spacial score (nSPS) is 18.1. The van der Waals surface area contributed by atoms with Crippen LogP contribution in [0.1, 0.15) is 0 Å². The van der Waals surface area contributed by atoms with Gasteiger partial charge in [-0.15, -0.1) is 0 Å². The van der Waals surface area contributed by atoms with E-state index in [1.54, 1.807) is 17.3 Å². The molecule has 11 heavy (non-hydrogen) atoms. The van der Waals surface area contributed by atoms with Crippen LogP contribution in [-0.2, 0) is 0 Å². The topological polar surface area (TPSA) is 12.0 Å². The number of rotatable bonds is 0. The fraction of sp³-hybridized carbons (Fsp3) is 0. The van der Waals surface area contributed by atoms with Crippen LogP contribution < -0.4 is 5.32 Å². The zero-order valence-corrected chi connectivity index (χ0v) is 7.25. The van der Waals surface area contributed by atoms with Gasteiger partial charge in [-0.3, -0.25) is 0 Å². The lowest BCUT2D eigenvalue weighted by atomic mass is 10.3. The lowest BCUT2D eigenvalue weighted by molar-refractivity contribution is 1.46. The van der Waals surface area contributed by atoms with Crippen molar-refractivity contribution in [2.24, 2.45) is 0 Å². The molecule has 1 heterocycles. The average Bonchev–Trinajstić information content (AvgIpc) is 2.46. The van der Waals surface area contributed by atoms with Crippen molar-refractivity contribution in [1.82, 2.24) is 0 Å². The van der Waals surface area contributed by atoms with Gasteiger partial charge in [0.2, 0.25) is 0 Å². The van der Waals surface area contributed by atoms with Gasteiger partial charge in [0.25, 0.3) is 0 Å². The second-order valence-electron chi connectivity index (χ2n) is 2.20. The molecule has 0 spiro atoms. The van der Waals surface area contributed by atoms with Crippen LogP contribution in [0, 0.1) is 0 Å². The molecule has 2 rings (SSSR count). The third kappa shape index (κ3) is 1.24. The SMILES string of the molecule is Cl/C=C1\Nc2ccccc2S1. The van der Waals surface area contributed by atoms with Gasteiger partial charge in [-0.2, -0.15) is 0 Å². The van der Waals surface area contributed by atoms with Crippen LogP contribution in [0.5, 0.6) is 0 Å². The molecule has 1 aliphatic rings. The quantitative estimate of drug-likeness (QED) is 0.663. The van der Waals surface area contributed by atoms with Gasteiger partial charge < -0.3 is 5.32 Å². The highest BCUT2D eigenvalue weighted by molar-refractivity contribution is 8.03. The highest BCUT2D eigenvalue weighted by Gasteiger charge is 2.13. The Morgan fingerprint density at radius 2 is 2.18 bits per heavy atom. The smallest absolute Gasteiger partial charge is 0.0890 e. The number of thioether (sulfide) groups is 1. The van der Waals surface area contributed by atoms with Crippen LogP contribution in [0.2, 0.25) is 0 Å². The summed E-state index contributed by atoms with van der Waals surface area (Å²) in [6, 6.07) is 8.13. The van der Waals surface area contributed by atoms with Gasteiger partial charge in [-0.1, -0.05) is 35.5 Å². The summed E-state index contributed by atoms with van der Waals surface area (Å²) in [5.74, 6) is 0. The van der Waals surface area contributed by atoms with Crippen LogP contribution in [0.15, 0.2) is 39.7 Å². The molecular weight excluding hydrogens is 178 g/mol. The first-order chi connectivity index (χ1) is 5.40. The van der Waals surface area contributed by atoms with E-state index in [0.29, 0.717) is 0 Å². The Morgan fingerprint density at radius 1 is 1.36 bits per heavy atom. The van der Waals surface area contributed by atoms with E-state index in [1.165, 1.54) is 4.90 Å². The molecule has 0 radical (unpaired) electrons. The number of hydrogen-bond acceptors (Lipinski definition) is 2. The van der Waals surface area contributed by atoms with Gasteiger partial charge in [0.05, 0.1) is 10.7 Å². The molecule has 0 saturated carbocycles. The molecule has 0 aromatic heterocycles. The van der Waals surface area contributed by atoms with Crippen LogP contribution in [0.3, 0.4) is 0 Å². The van der Waals surface area contributed by atoms with Crippen LogP contribution in [0.4, 0.5) is 5.69 Å². The van der Waals surface area contributed by atoms with E-state index < -0.39 is 0 Å². The molecule has 0 amide bonds. The van der Waals surface area contributed by atoms with Gasteiger partial charge in [0.1, 0.15) is 0 Å². The van der Waals surface area contributed by atoms with Crippen molar-refractivity contribution in [1.29, 1.82) is 0 Å². The Hall–Kier alpha value is -0.600. The molecule has 1 aromatic carbocycles. The van der Waals surface area contributed by atoms with Crippen molar-refractivity contribution in [2.45, 2.75) is 4.90 Å². The van der Waals surface area contributed by atoms with E-state index in [0.717, 1.165) is 10.7 Å². The molecule has 56 valence electrons. The summed E-state index contributed by atoms with van der Waals surface area (Å²) >= 11 is 7.21. The van der Waals surface area contributed by atoms with Gasteiger partial charge in [0.15, 0.2) is 0 Å². The minimum absolute atomic E-state index is 0.993. The number of fused-ring (bicyclic) bond motifs is 1. The van der Waals surface area contributed by atoms with Crippen LogP contribution in [0.25, 0.3) is 0 Å². The first kappa shape index (κ1) is 7.07. The van der Waals surface area contributed by atoms with E-state index in [4.69, 9.17) is 11.6 Å². The number of nitrogens with one attached hydrogen (secondary N) is 1. The van der Waals surface area contributed by atoms with Crippen molar-refractivity contribution in [3.05, 3.63) is 34.8 Å². The third-order valence-electron chi connectivity index (χ3n) is 1.46. The predicted octanol–water partition coefficient (Wildman–Crippen LogP) is 3.24. The zero-order valence-electron chi connectivity index (χ0n) is 5.67. The summed E-state index contributed by atoms with van der Waals surface area (Å²) in [5, 5.41) is 4.17. The van der Waals surface area contributed by atoms with E-state index in [-0.39, 0.29) is 0 Å². The molecule has 1 N–H and O–H groups in total. The van der Waals surface area contributed by atoms with Crippen molar-refractivity contribution < 1.29 is 0 Å². The van der Waals surface area contributed by atoms with Crippen molar-refractivity contribution in [3.8, 4) is 0 Å². The number of anilines is 1. The first-order valence-corrected chi connectivity index (χ1v) is 4.50. The summed E-state index contributed by atoms with van der Waals surface area (Å²) in [6.45, 7) is 0. The van der Waals surface area contributed by atoms with E-state index in [9.17, 15) is 0 Å². The van der Waals surface area contributed by atoms with Gasteiger partial charge in [-0.05, 0) is 12.1 Å². The lowest BCUT2D eigenvalue weighted by Gasteiger charge is -1.93. The molecule has 1 aromatic rings. The maximum Gasteiger partial charge on any atom is 0.0890 e. The van der Waals surface area contributed by atoms with E-state index >= 15 is 0 Å². The predicted molar refractivity (Wildman–Crippen MR) is 49.9 cm³/mol. The molecule has 0 bridgehead atoms. The standard InChI is InChI=1S/C8H6ClNS/c9-5-8-10-6-3-1-2-4-7(6)11-8/h1-5,10H/b8-5+. The molecule has 0 fully saturated rings. The summed E-state index contributed by atoms with van der Waals surface area (Å²) < 4.78 is 0. The largest absolute Gasteiger partial charge is 0.348 e. The van der Waals surface area contributed by atoms with Gasteiger partial charge >= 0.3 is 0 Å². The molecule has 0 atom stereocenters. The number of para-hydroxylation sites is 1. The maximum atomic E-state index is 5.55.